The van der Waals surface area contributed by atoms with E-state index in [1.165, 1.54) is 0 Å². The minimum Gasteiger partial charge on any atom is -0.852 e. The Morgan fingerprint density at radius 1 is 0.206 bits per heavy atom. The molecule has 2 radical (unpaired) electrons. The molecule has 0 fully saturated rings. The third kappa shape index (κ3) is 46200. The van der Waals surface area contributed by atoms with Crippen molar-refractivity contribution < 1.29 is 78.0 Å². The first-order chi connectivity index (χ1) is 13.9. The number of rotatable bonds is 0. The van der Waals surface area contributed by atoms with E-state index in [2.05, 4.69) is 0 Å². The van der Waals surface area contributed by atoms with Crippen LogP contribution in [0.3, 0.4) is 0 Å². The van der Waals surface area contributed by atoms with E-state index in [9.17, 15) is 40.9 Å². The van der Waals surface area contributed by atoms with Crippen LogP contribution in [0, 0.1) is 0 Å². The van der Waals surface area contributed by atoms with Gasteiger partial charge in [-0.3, -0.25) is 0 Å². The summed E-state index contributed by atoms with van der Waals surface area (Å²) in [6, 6.07) is 0. The van der Waals surface area contributed by atoms with Crippen LogP contribution in [0.25, 0.3) is 0 Å². The van der Waals surface area contributed by atoms with Crippen molar-refractivity contribution >= 4 is 0 Å². The van der Waals surface area contributed by atoms with Crippen molar-refractivity contribution in [2.24, 2.45) is 0 Å². The van der Waals surface area contributed by atoms with Gasteiger partial charge in [-0.25, -0.2) is 0 Å². The van der Waals surface area contributed by atoms with E-state index in [1.807, 2.05) is 0 Å². The molecule has 0 aromatic rings. The second-order valence-electron chi connectivity index (χ2n) is 8.39. The van der Waals surface area contributed by atoms with Gasteiger partial charge in [0.05, 0.1) is 0 Å². The van der Waals surface area contributed by atoms with Gasteiger partial charge in [-0.2, -0.15) is 0 Å². The Labute approximate surface area is 237 Å². The van der Waals surface area contributed by atoms with E-state index in [0.717, 1.165) is 0 Å². The van der Waals surface area contributed by atoms with Gasteiger partial charge in [-0.05, 0) is 0 Å². The molecule has 0 rings (SSSR count). The van der Waals surface area contributed by atoms with Gasteiger partial charge in [-0.1, -0.05) is 111 Å². The van der Waals surface area contributed by atoms with Crippen LogP contribution in [0.5, 0.6) is 0 Å². The molecule has 0 aromatic heterocycles. The molecule has 10 heteroatoms. The quantitative estimate of drug-likeness (QED) is 0.319. The average molecular weight is 575 g/mol. The van der Waals surface area contributed by atoms with Crippen LogP contribution in [0.15, 0.2) is 0 Å². The van der Waals surface area contributed by atoms with Gasteiger partial charge >= 0.3 is 37.1 Å². The van der Waals surface area contributed by atoms with Crippen molar-refractivity contribution in [3.63, 3.8) is 0 Å². The molecule has 34 heavy (non-hydrogen) atoms. The van der Waals surface area contributed by atoms with Gasteiger partial charge in [0.2, 0.25) is 0 Å². The van der Waals surface area contributed by atoms with Crippen LogP contribution < -0.4 is 40.9 Å². The normalized spacial score (nSPS) is 8.47. The molecule has 0 heterocycles. The smallest absolute Gasteiger partial charge is 0.852 e. The third-order valence-corrected chi connectivity index (χ3v) is 0. The van der Waals surface area contributed by atoms with Crippen LogP contribution in [-0.2, 0) is 37.1 Å². The second-order valence-corrected chi connectivity index (χ2v) is 8.39. The van der Waals surface area contributed by atoms with E-state index >= 15 is 0 Å². The first-order valence-electron chi connectivity index (χ1n) is 11.1. The van der Waals surface area contributed by atoms with Gasteiger partial charge in [0.1, 0.15) is 0 Å². The summed E-state index contributed by atoms with van der Waals surface area (Å²) in [5.74, 6) is 0. The van der Waals surface area contributed by atoms with Crippen molar-refractivity contribution in [3.8, 4) is 0 Å². The molecule has 0 saturated carbocycles. The van der Waals surface area contributed by atoms with Crippen LogP contribution in [0.2, 0.25) is 0 Å². The summed E-state index contributed by atoms with van der Waals surface area (Å²) >= 11 is 0. The summed E-state index contributed by atoms with van der Waals surface area (Å²) in [5, 5.41) is 76.2. The van der Waals surface area contributed by atoms with Crippen LogP contribution in [0.1, 0.15) is 111 Å². The molecule has 0 N–H and O–H groups in total. The summed E-state index contributed by atoms with van der Waals surface area (Å²) in [6.07, 6.45) is -3.33. The molecular weight excluding hydrogens is 518 g/mol. The summed E-state index contributed by atoms with van der Waals surface area (Å²) in [4.78, 5) is 0. The van der Waals surface area contributed by atoms with Gasteiger partial charge in [-0.15, -0.1) is 48.8 Å². The number of hydrogen-bond donors (Lipinski definition) is 0. The fourth-order valence-corrected chi connectivity index (χ4v) is 0. The summed E-state index contributed by atoms with van der Waals surface area (Å²) < 4.78 is 0. The van der Waals surface area contributed by atoms with E-state index in [1.54, 1.807) is 111 Å². The second kappa shape index (κ2) is 59.2. The van der Waals surface area contributed by atoms with Crippen LogP contribution in [-0.4, -0.2) is 48.8 Å². The molecule has 0 amide bonds. The maximum Gasteiger partial charge on any atom is 4.00 e. The standard InChI is InChI=1S/8C3H7O.2V/c8*1-3(2)4;;/h8*3H,1-2H3;;/q8*-1;2*+4. The van der Waals surface area contributed by atoms with Crippen LogP contribution in [0.4, 0.5) is 0 Å². The first-order valence-corrected chi connectivity index (χ1v) is 11.1. The van der Waals surface area contributed by atoms with E-state index in [4.69, 9.17) is 0 Å². The zero-order valence-electron chi connectivity index (χ0n) is 24.8. The topological polar surface area (TPSA) is 184 Å². The van der Waals surface area contributed by atoms with Gasteiger partial charge in [0.25, 0.3) is 0 Å². The van der Waals surface area contributed by atoms with E-state index < -0.39 is 48.8 Å². The molecule has 0 aliphatic carbocycles. The number of hydrogen-bond acceptors (Lipinski definition) is 8. The van der Waals surface area contributed by atoms with E-state index in [-0.39, 0.29) is 37.1 Å². The van der Waals surface area contributed by atoms with Crippen molar-refractivity contribution in [1.82, 2.24) is 0 Å². The Balaban J connectivity index is -0.0000000240. The first kappa shape index (κ1) is 64.7. The summed E-state index contributed by atoms with van der Waals surface area (Å²) in [7, 11) is 0. The average Bonchev–Trinajstić information content (AvgIpc) is 2.30. The fourth-order valence-electron chi connectivity index (χ4n) is 0. The molecule has 8 nitrogen and oxygen atoms in total. The maximum absolute atomic E-state index is 9.53. The summed E-state index contributed by atoms with van der Waals surface area (Å²) in [5.41, 5.74) is 0. The largest absolute Gasteiger partial charge is 4.00 e. The third-order valence-electron chi connectivity index (χ3n) is 0. The molecule has 0 atom stereocenters. The predicted octanol–water partition coefficient (Wildman–Crippen LogP) is -1.96. The Bertz CT molecular complexity index is 147. The van der Waals surface area contributed by atoms with E-state index in [0.29, 0.717) is 0 Å². The molecular formula is C24H56O8V2. The minimum atomic E-state index is -0.417. The molecule has 0 unspecified atom stereocenters. The molecule has 0 spiro atoms. The Kier molecular flexibility index (Phi) is 113. The minimum absolute atomic E-state index is 0. The Morgan fingerprint density at radius 3 is 0.206 bits per heavy atom. The molecule has 0 bridgehead atoms. The molecule has 0 aliphatic heterocycles. The zero-order chi connectivity index (χ0) is 28.6. The molecule has 0 saturated heterocycles. The van der Waals surface area contributed by atoms with Gasteiger partial charge in [0.15, 0.2) is 0 Å². The van der Waals surface area contributed by atoms with Crippen molar-refractivity contribution in [2.45, 2.75) is 160 Å². The van der Waals surface area contributed by atoms with Crippen molar-refractivity contribution in [3.05, 3.63) is 0 Å². The maximum atomic E-state index is 9.53. The predicted molar refractivity (Wildman–Crippen MR) is 121 cm³/mol. The van der Waals surface area contributed by atoms with Gasteiger partial charge < -0.3 is 40.9 Å². The van der Waals surface area contributed by atoms with Crippen molar-refractivity contribution in [1.29, 1.82) is 0 Å². The molecule has 210 valence electrons. The Morgan fingerprint density at radius 2 is 0.206 bits per heavy atom. The summed E-state index contributed by atoms with van der Waals surface area (Å²) in [6.45, 7) is 25.8. The SMILES string of the molecule is CC(C)[O-].CC(C)[O-].CC(C)[O-].CC(C)[O-].CC(C)[O-].CC(C)[O-].CC(C)[O-].CC(C)[O-].[V+4].[V+4]. The monoisotopic (exact) mass is 574 g/mol. The van der Waals surface area contributed by atoms with Gasteiger partial charge in [0, 0.05) is 0 Å². The molecule has 0 aliphatic rings. The molecule has 0 aromatic carbocycles. The Hall–Kier alpha value is 0.849. The van der Waals surface area contributed by atoms with Crippen molar-refractivity contribution in [2.75, 3.05) is 0 Å². The fraction of sp³-hybridized carbons (Fsp3) is 1.00. The zero-order valence-corrected chi connectivity index (χ0v) is 27.6. The van der Waals surface area contributed by atoms with Crippen LogP contribution >= 0.6 is 0 Å².